The summed E-state index contributed by atoms with van der Waals surface area (Å²) in [6, 6.07) is 9.64. The molecule has 1 saturated heterocycles. The Balaban J connectivity index is 1.53. The van der Waals surface area contributed by atoms with Gasteiger partial charge in [-0.05, 0) is 12.1 Å². The molecular weight excluding hydrogens is 380 g/mol. The Hall–Kier alpha value is -2.38. The minimum atomic E-state index is -0.991. The van der Waals surface area contributed by atoms with Gasteiger partial charge in [-0.15, -0.1) is 0 Å². The zero-order valence-corrected chi connectivity index (χ0v) is 15.0. The van der Waals surface area contributed by atoms with E-state index in [-0.39, 0.29) is 24.8 Å². The maximum Gasteiger partial charge on any atom is 0.260 e. The molecule has 1 amide bonds. The van der Waals surface area contributed by atoms with Gasteiger partial charge >= 0.3 is 0 Å². The standard InChI is InChI=1S/C19H18ClF2NO4/c20-15-3-1-2-4-17(15)26-11-19(25)23-6-5-18(16(24)10-23)27-14-8-12(21)7-13(22)9-14/h1-4,7-9,16,18,24H,5-6,10-11H2/t16-,18-/m1/s1. The SMILES string of the molecule is O=C(COc1ccccc1Cl)N1CC[C@@H](Oc2cc(F)cc(F)c2)[C@H](O)C1. The third kappa shape index (κ3) is 5.08. The first-order valence-electron chi connectivity index (χ1n) is 8.38. The Morgan fingerprint density at radius 2 is 1.93 bits per heavy atom. The summed E-state index contributed by atoms with van der Waals surface area (Å²) in [6.07, 6.45) is -1.34. The molecule has 1 N–H and O–H groups in total. The monoisotopic (exact) mass is 397 g/mol. The summed E-state index contributed by atoms with van der Waals surface area (Å²) in [5.41, 5.74) is 0. The van der Waals surface area contributed by atoms with Crippen LogP contribution in [-0.4, -0.2) is 47.8 Å². The largest absolute Gasteiger partial charge is 0.487 e. The Bertz CT molecular complexity index is 800. The smallest absolute Gasteiger partial charge is 0.260 e. The number of ether oxygens (including phenoxy) is 2. The summed E-state index contributed by atoms with van der Waals surface area (Å²) in [4.78, 5) is 13.7. The second kappa shape index (κ2) is 8.54. The quantitative estimate of drug-likeness (QED) is 0.842. The number of hydrogen-bond donors (Lipinski definition) is 1. The molecule has 2 aromatic carbocycles. The highest BCUT2D eigenvalue weighted by atomic mass is 35.5. The minimum absolute atomic E-state index is 0.00150. The van der Waals surface area contributed by atoms with E-state index in [4.69, 9.17) is 21.1 Å². The van der Waals surface area contributed by atoms with E-state index in [2.05, 4.69) is 0 Å². The van der Waals surface area contributed by atoms with Gasteiger partial charge in [-0.25, -0.2) is 8.78 Å². The van der Waals surface area contributed by atoms with E-state index < -0.39 is 23.8 Å². The number of halogens is 3. The van der Waals surface area contributed by atoms with Crippen molar-refractivity contribution in [3.8, 4) is 11.5 Å². The van der Waals surface area contributed by atoms with Gasteiger partial charge < -0.3 is 19.5 Å². The molecule has 5 nitrogen and oxygen atoms in total. The van der Waals surface area contributed by atoms with E-state index in [1.165, 1.54) is 4.90 Å². The number of likely N-dealkylation sites (tertiary alicyclic amines) is 1. The van der Waals surface area contributed by atoms with E-state index in [0.29, 0.717) is 23.7 Å². The lowest BCUT2D eigenvalue weighted by Crippen LogP contribution is -2.52. The Kier molecular flexibility index (Phi) is 6.13. The van der Waals surface area contributed by atoms with Crippen LogP contribution in [0.15, 0.2) is 42.5 Å². The molecule has 1 heterocycles. The number of aliphatic hydroxyl groups excluding tert-OH is 1. The highest BCUT2D eigenvalue weighted by molar-refractivity contribution is 6.32. The maximum atomic E-state index is 13.2. The second-order valence-corrected chi connectivity index (χ2v) is 6.58. The van der Waals surface area contributed by atoms with E-state index >= 15 is 0 Å². The van der Waals surface area contributed by atoms with Gasteiger partial charge in [0.15, 0.2) is 6.61 Å². The predicted octanol–water partition coefficient (Wildman–Crippen LogP) is 3.04. The first-order valence-corrected chi connectivity index (χ1v) is 8.76. The van der Waals surface area contributed by atoms with Crippen LogP contribution in [0, 0.1) is 11.6 Å². The molecule has 2 aromatic rings. The number of hydrogen-bond acceptors (Lipinski definition) is 4. The number of nitrogens with zero attached hydrogens (tertiary/aromatic N) is 1. The van der Waals surface area contributed by atoms with Crippen LogP contribution in [0.4, 0.5) is 8.78 Å². The number of rotatable bonds is 5. The molecule has 3 rings (SSSR count). The molecule has 0 spiro atoms. The van der Waals surface area contributed by atoms with Crippen LogP contribution in [0.5, 0.6) is 11.5 Å². The van der Waals surface area contributed by atoms with Gasteiger partial charge in [-0.2, -0.15) is 0 Å². The zero-order chi connectivity index (χ0) is 19.4. The van der Waals surface area contributed by atoms with Crippen molar-refractivity contribution >= 4 is 17.5 Å². The summed E-state index contributed by atoms with van der Waals surface area (Å²) in [5, 5.41) is 10.7. The van der Waals surface area contributed by atoms with Crippen LogP contribution in [-0.2, 0) is 4.79 Å². The maximum absolute atomic E-state index is 13.2. The van der Waals surface area contributed by atoms with Gasteiger partial charge in [0.2, 0.25) is 0 Å². The lowest BCUT2D eigenvalue weighted by Gasteiger charge is -2.35. The molecule has 1 aliphatic rings. The van der Waals surface area contributed by atoms with E-state index in [1.807, 2.05) is 0 Å². The topological polar surface area (TPSA) is 59.0 Å². The highest BCUT2D eigenvalue weighted by Gasteiger charge is 2.32. The van der Waals surface area contributed by atoms with Crippen molar-refractivity contribution in [1.29, 1.82) is 0 Å². The lowest BCUT2D eigenvalue weighted by atomic mass is 10.0. The normalized spacial score (nSPS) is 19.6. The van der Waals surface area contributed by atoms with Gasteiger partial charge in [0.05, 0.1) is 11.6 Å². The van der Waals surface area contributed by atoms with Crippen LogP contribution >= 0.6 is 11.6 Å². The van der Waals surface area contributed by atoms with Crippen LogP contribution in [0.25, 0.3) is 0 Å². The van der Waals surface area contributed by atoms with Crippen molar-refractivity contribution in [1.82, 2.24) is 4.90 Å². The van der Waals surface area contributed by atoms with E-state index in [9.17, 15) is 18.7 Å². The summed E-state index contributed by atoms with van der Waals surface area (Å²) < 4.78 is 37.4. The van der Waals surface area contributed by atoms with Gasteiger partial charge in [0, 0.05) is 31.2 Å². The van der Waals surface area contributed by atoms with Crippen LogP contribution < -0.4 is 9.47 Å². The van der Waals surface area contributed by atoms with Crippen molar-refractivity contribution in [2.24, 2.45) is 0 Å². The third-order valence-electron chi connectivity index (χ3n) is 4.18. The molecule has 27 heavy (non-hydrogen) atoms. The fraction of sp³-hybridized carbons (Fsp3) is 0.316. The molecular formula is C19H18ClF2NO4. The van der Waals surface area contributed by atoms with Gasteiger partial charge in [-0.3, -0.25) is 4.79 Å². The number of carbonyl (C=O) groups excluding carboxylic acids is 1. The molecule has 0 aliphatic carbocycles. The molecule has 8 heteroatoms. The zero-order valence-electron chi connectivity index (χ0n) is 14.3. The van der Waals surface area contributed by atoms with Crippen molar-refractivity contribution < 1.29 is 28.2 Å². The van der Waals surface area contributed by atoms with E-state index in [0.717, 1.165) is 18.2 Å². The van der Waals surface area contributed by atoms with Gasteiger partial charge in [0.25, 0.3) is 5.91 Å². The van der Waals surface area contributed by atoms with Gasteiger partial charge in [0.1, 0.15) is 35.3 Å². The molecule has 0 saturated carbocycles. The molecule has 2 atom stereocenters. The highest BCUT2D eigenvalue weighted by Crippen LogP contribution is 2.24. The van der Waals surface area contributed by atoms with Crippen LogP contribution in [0.2, 0.25) is 5.02 Å². The molecule has 0 bridgehead atoms. The second-order valence-electron chi connectivity index (χ2n) is 6.18. The lowest BCUT2D eigenvalue weighted by molar-refractivity contribution is -0.139. The number of para-hydroxylation sites is 1. The van der Waals surface area contributed by atoms with Crippen LogP contribution in [0.3, 0.4) is 0 Å². The number of carbonyl (C=O) groups is 1. The number of aliphatic hydroxyl groups is 1. The van der Waals surface area contributed by atoms with Crippen molar-refractivity contribution in [2.45, 2.75) is 18.6 Å². The summed E-state index contributed by atoms with van der Waals surface area (Å²) in [5.74, 6) is -1.42. The van der Waals surface area contributed by atoms with Crippen molar-refractivity contribution in [3.05, 3.63) is 59.1 Å². The molecule has 0 radical (unpaired) electrons. The summed E-state index contributed by atoms with van der Waals surface area (Å²) in [6.45, 7) is 0.147. The molecule has 144 valence electrons. The predicted molar refractivity (Wildman–Crippen MR) is 94.9 cm³/mol. The Labute approximate surface area is 160 Å². The number of amides is 1. The molecule has 0 unspecified atom stereocenters. The fourth-order valence-corrected chi connectivity index (χ4v) is 3.03. The molecule has 0 aromatic heterocycles. The first-order chi connectivity index (χ1) is 12.9. The third-order valence-corrected chi connectivity index (χ3v) is 4.50. The fourth-order valence-electron chi connectivity index (χ4n) is 2.84. The van der Waals surface area contributed by atoms with Crippen molar-refractivity contribution in [3.63, 3.8) is 0 Å². The Morgan fingerprint density at radius 3 is 2.59 bits per heavy atom. The van der Waals surface area contributed by atoms with Crippen LogP contribution in [0.1, 0.15) is 6.42 Å². The number of benzene rings is 2. The van der Waals surface area contributed by atoms with E-state index in [1.54, 1.807) is 24.3 Å². The summed E-state index contributed by atoms with van der Waals surface area (Å²) >= 11 is 5.98. The van der Waals surface area contributed by atoms with Crippen molar-refractivity contribution in [2.75, 3.05) is 19.7 Å². The average Bonchev–Trinajstić information content (AvgIpc) is 2.61. The average molecular weight is 398 g/mol. The first kappa shape index (κ1) is 19.4. The Morgan fingerprint density at radius 1 is 1.22 bits per heavy atom. The summed E-state index contributed by atoms with van der Waals surface area (Å²) in [7, 11) is 0. The molecule has 1 aliphatic heterocycles. The molecule has 1 fully saturated rings. The number of β-amino-alcohol motifs (C(OH)–C–C–N with tert-alkyl or cyclic N) is 1. The van der Waals surface area contributed by atoms with Gasteiger partial charge in [-0.1, -0.05) is 23.7 Å². The number of piperidine rings is 1. The minimum Gasteiger partial charge on any atom is -0.487 e.